The Kier molecular flexibility index (Phi) is 4.44. The van der Waals surface area contributed by atoms with Gasteiger partial charge in [-0.1, -0.05) is 18.2 Å². The van der Waals surface area contributed by atoms with Gasteiger partial charge in [-0.2, -0.15) is 4.31 Å². The van der Waals surface area contributed by atoms with Crippen molar-refractivity contribution in [3.05, 3.63) is 47.7 Å². The van der Waals surface area contributed by atoms with E-state index in [9.17, 15) is 13.2 Å². The molecular weight excluding hydrogens is 294 g/mol. The van der Waals surface area contributed by atoms with Crippen molar-refractivity contribution < 1.29 is 22.4 Å². The zero-order valence-electron chi connectivity index (χ0n) is 11.6. The van der Waals surface area contributed by atoms with Crippen LogP contribution in [-0.4, -0.2) is 33.2 Å². The van der Waals surface area contributed by atoms with E-state index in [4.69, 9.17) is 9.15 Å². The summed E-state index contributed by atoms with van der Waals surface area (Å²) in [5, 5.41) is -0.262. The molecule has 0 saturated heterocycles. The first-order valence-corrected chi connectivity index (χ1v) is 7.56. The molecule has 2 aromatic rings. The molecule has 0 radical (unpaired) electrons. The molecule has 0 aliphatic carbocycles. The number of carbonyl (C=O) groups is 1. The number of aldehydes is 1. The van der Waals surface area contributed by atoms with Gasteiger partial charge in [0.1, 0.15) is 5.75 Å². The van der Waals surface area contributed by atoms with Gasteiger partial charge in [-0.25, -0.2) is 8.42 Å². The SMILES string of the molecule is COc1ccccc1CN(C)S(=O)(=O)c1ccc(C=O)o1. The van der Waals surface area contributed by atoms with Gasteiger partial charge in [0, 0.05) is 19.2 Å². The van der Waals surface area contributed by atoms with Crippen LogP contribution in [0.2, 0.25) is 0 Å². The maximum atomic E-state index is 12.3. The van der Waals surface area contributed by atoms with Gasteiger partial charge in [-0.15, -0.1) is 0 Å². The number of methoxy groups -OCH3 is 1. The molecule has 7 heteroatoms. The van der Waals surface area contributed by atoms with Crippen molar-refractivity contribution >= 4 is 16.3 Å². The summed E-state index contributed by atoms with van der Waals surface area (Å²) in [6.07, 6.45) is 0.458. The highest BCUT2D eigenvalue weighted by molar-refractivity contribution is 7.88. The molecule has 0 fully saturated rings. The fraction of sp³-hybridized carbons (Fsp3) is 0.214. The quantitative estimate of drug-likeness (QED) is 0.762. The lowest BCUT2D eigenvalue weighted by atomic mass is 10.2. The van der Waals surface area contributed by atoms with Gasteiger partial charge >= 0.3 is 0 Å². The number of hydrogen-bond donors (Lipinski definition) is 0. The van der Waals surface area contributed by atoms with Crippen LogP contribution in [0.1, 0.15) is 16.1 Å². The van der Waals surface area contributed by atoms with Crippen LogP contribution in [0.5, 0.6) is 5.75 Å². The van der Waals surface area contributed by atoms with Crippen molar-refractivity contribution in [1.82, 2.24) is 4.31 Å². The van der Waals surface area contributed by atoms with E-state index >= 15 is 0 Å². The molecule has 0 unspecified atom stereocenters. The molecule has 21 heavy (non-hydrogen) atoms. The standard InChI is InChI=1S/C14H15NO5S/c1-15(9-11-5-3-4-6-13(11)19-2)21(17,18)14-8-7-12(10-16)20-14/h3-8,10H,9H2,1-2H3. The molecule has 0 atom stereocenters. The number of ether oxygens (including phenoxy) is 1. The summed E-state index contributed by atoms with van der Waals surface area (Å²) in [6.45, 7) is 0.128. The van der Waals surface area contributed by atoms with Crippen LogP contribution in [0, 0.1) is 0 Å². The predicted octanol–water partition coefficient (Wildman–Crippen LogP) is 1.92. The highest BCUT2D eigenvalue weighted by Crippen LogP contribution is 2.23. The third-order valence-electron chi connectivity index (χ3n) is 2.97. The molecule has 2 rings (SSSR count). The Balaban J connectivity index is 2.26. The topological polar surface area (TPSA) is 76.8 Å². The van der Waals surface area contributed by atoms with E-state index in [0.29, 0.717) is 12.0 Å². The summed E-state index contributed by atoms with van der Waals surface area (Å²) in [4.78, 5) is 10.6. The van der Waals surface area contributed by atoms with E-state index in [1.807, 2.05) is 0 Å². The predicted molar refractivity (Wildman–Crippen MR) is 75.7 cm³/mol. The van der Waals surface area contributed by atoms with E-state index < -0.39 is 10.0 Å². The molecule has 0 saturated carbocycles. The van der Waals surface area contributed by atoms with E-state index in [-0.39, 0.29) is 17.4 Å². The average molecular weight is 309 g/mol. The van der Waals surface area contributed by atoms with Gasteiger partial charge in [0.15, 0.2) is 12.0 Å². The van der Waals surface area contributed by atoms with Crippen LogP contribution in [0.15, 0.2) is 45.9 Å². The first-order chi connectivity index (χ1) is 9.98. The number of hydrogen-bond acceptors (Lipinski definition) is 5. The molecule has 0 aliphatic rings. The Bertz CT molecular complexity index is 735. The molecule has 1 aromatic carbocycles. The van der Waals surface area contributed by atoms with Crippen LogP contribution in [0.3, 0.4) is 0 Å². The fourth-order valence-electron chi connectivity index (χ4n) is 1.85. The van der Waals surface area contributed by atoms with Crippen LogP contribution in [0.25, 0.3) is 0 Å². The van der Waals surface area contributed by atoms with Gasteiger partial charge < -0.3 is 9.15 Å². The first-order valence-electron chi connectivity index (χ1n) is 6.12. The van der Waals surface area contributed by atoms with Crippen molar-refractivity contribution in [2.45, 2.75) is 11.6 Å². The Morgan fingerprint density at radius 1 is 1.24 bits per heavy atom. The van der Waals surface area contributed by atoms with Crippen LogP contribution in [-0.2, 0) is 16.6 Å². The largest absolute Gasteiger partial charge is 0.496 e. The summed E-state index contributed by atoms with van der Waals surface area (Å²) in [7, 11) is -0.840. The second kappa shape index (κ2) is 6.11. The minimum absolute atomic E-state index is 0.0285. The van der Waals surface area contributed by atoms with Gasteiger partial charge in [0.2, 0.25) is 5.09 Å². The average Bonchev–Trinajstić information content (AvgIpc) is 2.97. The molecule has 0 N–H and O–H groups in total. The van der Waals surface area contributed by atoms with Crippen molar-refractivity contribution in [1.29, 1.82) is 0 Å². The molecular formula is C14H15NO5S. The first kappa shape index (κ1) is 15.3. The summed E-state index contributed by atoms with van der Waals surface area (Å²) in [6, 6.07) is 9.72. The molecule has 0 aliphatic heterocycles. The minimum atomic E-state index is -3.80. The highest BCUT2D eigenvalue weighted by atomic mass is 32.2. The smallest absolute Gasteiger partial charge is 0.276 e. The normalized spacial score (nSPS) is 11.6. The fourth-order valence-corrected chi connectivity index (χ4v) is 2.91. The monoisotopic (exact) mass is 309 g/mol. The van der Waals surface area contributed by atoms with Gasteiger partial charge in [0.25, 0.3) is 10.0 Å². The summed E-state index contributed by atoms with van der Waals surface area (Å²) >= 11 is 0. The second-order valence-corrected chi connectivity index (χ2v) is 6.32. The number of rotatable bonds is 6. The summed E-state index contributed by atoms with van der Waals surface area (Å²) < 4.78 is 36.0. The van der Waals surface area contributed by atoms with Crippen molar-refractivity contribution in [3.8, 4) is 5.75 Å². The number of carbonyl (C=O) groups excluding carboxylic acids is 1. The molecule has 6 nitrogen and oxygen atoms in total. The maximum absolute atomic E-state index is 12.3. The number of furan rings is 1. The molecule has 0 bridgehead atoms. The number of benzene rings is 1. The van der Waals surface area contributed by atoms with Crippen LogP contribution >= 0.6 is 0 Å². The third-order valence-corrected chi connectivity index (χ3v) is 4.65. The lowest BCUT2D eigenvalue weighted by molar-refractivity contribution is 0.109. The summed E-state index contributed by atoms with van der Waals surface area (Å²) in [5.74, 6) is 0.576. The van der Waals surface area contributed by atoms with E-state index in [1.54, 1.807) is 24.3 Å². The number of sulfonamides is 1. The van der Waals surface area contributed by atoms with Crippen molar-refractivity contribution in [2.24, 2.45) is 0 Å². The Hall–Kier alpha value is -2.12. The number of nitrogens with zero attached hydrogens (tertiary/aromatic N) is 1. The minimum Gasteiger partial charge on any atom is -0.496 e. The maximum Gasteiger partial charge on any atom is 0.276 e. The van der Waals surface area contributed by atoms with Gasteiger partial charge in [0.05, 0.1) is 7.11 Å². The second-order valence-electron chi connectivity index (χ2n) is 4.35. The van der Waals surface area contributed by atoms with Crippen molar-refractivity contribution in [2.75, 3.05) is 14.2 Å². The lowest BCUT2D eigenvalue weighted by Crippen LogP contribution is -2.26. The van der Waals surface area contributed by atoms with Gasteiger partial charge in [-0.05, 0) is 18.2 Å². The Morgan fingerprint density at radius 2 is 1.95 bits per heavy atom. The van der Waals surface area contributed by atoms with Gasteiger partial charge in [-0.3, -0.25) is 4.79 Å². The Morgan fingerprint density at radius 3 is 2.57 bits per heavy atom. The van der Waals surface area contributed by atoms with Crippen LogP contribution < -0.4 is 4.74 Å². The molecule has 112 valence electrons. The lowest BCUT2D eigenvalue weighted by Gasteiger charge is -2.17. The van der Waals surface area contributed by atoms with Crippen LogP contribution in [0.4, 0.5) is 0 Å². The third kappa shape index (κ3) is 3.14. The van der Waals surface area contributed by atoms with E-state index in [2.05, 4.69) is 0 Å². The zero-order valence-corrected chi connectivity index (χ0v) is 12.5. The molecule has 1 heterocycles. The zero-order chi connectivity index (χ0) is 15.5. The highest BCUT2D eigenvalue weighted by Gasteiger charge is 2.25. The number of para-hydroxylation sites is 1. The Labute approximate surface area is 123 Å². The van der Waals surface area contributed by atoms with E-state index in [0.717, 1.165) is 9.87 Å². The molecule has 1 aromatic heterocycles. The van der Waals surface area contributed by atoms with Crippen molar-refractivity contribution in [3.63, 3.8) is 0 Å². The van der Waals surface area contributed by atoms with E-state index in [1.165, 1.54) is 26.3 Å². The molecule has 0 amide bonds. The summed E-state index contributed by atoms with van der Waals surface area (Å²) in [5.41, 5.74) is 0.730. The molecule has 0 spiro atoms.